The molecule has 0 radical (unpaired) electrons. The van der Waals surface area contributed by atoms with E-state index in [4.69, 9.17) is 4.74 Å². The van der Waals surface area contributed by atoms with Gasteiger partial charge in [-0.2, -0.15) is 0 Å². The third-order valence-electron chi connectivity index (χ3n) is 5.57. The van der Waals surface area contributed by atoms with Crippen molar-refractivity contribution in [2.45, 2.75) is 58.8 Å². The molecule has 0 unspecified atom stereocenters. The summed E-state index contributed by atoms with van der Waals surface area (Å²) in [4.78, 5) is 6.66. The van der Waals surface area contributed by atoms with Crippen molar-refractivity contribution in [3.63, 3.8) is 0 Å². The summed E-state index contributed by atoms with van der Waals surface area (Å²) < 4.78 is 6.17. The molecule has 3 rings (SSSR count). The van der Waals surface area contributed by atoms with Crippen molar-refractivity contribution in [3.8, 4) is 11.5 Å². The maximum absolute atomic E-state index is 6.17. The van der Waals surface area contributed by atoms with Gasteiger partial charge in [-0.1, -0.05) is 31.4 Å². The van der Waals surface area contributed by atoms with Crippen molar-refractivity contribution in [3.05, 3.63) is 53.1 Å². The SMILES string of the molecule is CCN(C)/C=N/c1cc(C)c(Oc2ccc(C3CCCCC3)cc2)cc1C. The van der Waals surface area contributed by atoms with Crippen LogP contribution in [0, 0.1) is 13.8 Å². The van der Waals surface area contributed by atoms with Crippen molar-refractivity contribution >= 4 is 12.0 Å². The smallest absolute Gasteiger partial charge is 0.130 e. The fourth-order valence-electron chi connectivity index (χ4n) is 3.64. The summed E-state index contributed by atoms with van der Waals surface area (Å²) in [5.74, 6) is 2.54. The first-order valence-corrected chi connectivity index (χ1v) is 10.2. The summed E-state index contributed by atoms with van der Waals surface area (Å²) in [7, 11) is 2.03. The molecule has 1 fully saturated rings. The lowest BCUT2D eigenvalue weighted by Gasteiger charge is -2.22. The van der Waals surface area contributed by atoms with E-state index < -0.39 is 0 Å². The summed E-state index contributed by atoms with van der Waals surface area (Å²) >= 11 is 0. The minimum atomic E-state index is 0.732. The highest BCUT2D eigenvalue weighted by molar-refractivity contribution is 5.64. The number of aliphatic imine (C=N–C) groups is 1. The number of benzene rings is 2. The maximum atomic E-state index is 6.17. The molecular weight excluding hydrogens is 332 g/mol. The van der Waals surface area contributed by atoms with Crippen LogP contribution in [0.1, 0.15) is 61.6 Å². The van der Waals surface area contributed by atoms with Gasteiger partial charge < -0.3 is 9.64 Å². The van der Waals surface area contributed by atoms with Gasteiger partial charge >= 0.3 is 0 Å². The van der Waals surface area contributed by atoms with E-state index in [2.05, 4.69) is 67.1 Å². The normalized spacial score (nSPS) is 15.3. The monoisotopic (exact) mass is 364 g/mol. The van der Waals surface area contributed by atoms with Crippen LogP contribution in [0.25, 0.3) is 0 Å². The summed E-state index contributed by atoms with van der Waals surface area (Å²) in [6, 6.07) is 12.9. The molecule has 1 aliphatic rings. The van der Waals surface area contributed by atoms with Crippen molar-refractivity contribution in [1.29, 1.82) is 0 Å². The molecule has 144 valence electrons. The van der Waals surface area contributed by atoms with Crippen LogP contribution in [0.15, 0.2) is 41.4 Å². The highest BCUT2D eigenvalue weighted by atomic mass is 16.5. The molecule has 1 aliphatic carbocycles. The standard InChI is InChI=1S/C24H32N2O/c1-5-26(4)17-25-23-15-19(3)24(16-18(23)2)27-22-13-11-21(12-14-22)20-9-7-6-8-10-20/h11-17,20H,5-10H2,1-4H3/b25-17+. The van der Waals surface area contributed by atoms with Gasteiger partial charge in [0.15, 0.2) is 0 Å². The molecule has 1 saturated carbocycles. The van der Waals surface area contributed by atoms with E-state index in [1.54, 1.807) is 0 Å². The second-order valence-corrected chi connectivity index (χ2v) is 7.73. The minimum Gasteiger partial charge on any atom is -0.457 e. The highest BCUT2D eigenvalue weighted by Crippen LogP contribution is 2.35. The molecule has 0 aromatic heterocycles. The van der Waals surface area contributed by atoms with Gasteiger partial charge in [-0.05, 0) is 80.5 Å². The van der Waals surface area contributed by atoms with E-state index in [1.165, 1.54) is 37.7 Å². The van der Waals surface area contributed by atoms with Crippen molar-refractivity contribution in [2.24, 2.45) is 4.99 Å². The van der Waals surface area contributed by atoms with Crippen LogP contribution in [0.5, 0.6) is 11.5 Å². The molecule has 27 heavy (non-hydrogen) atoms. The Morgan fingerprint density at radius 1 is 1.04 bits per heavy atom. The Hall–Kier alpha value is -2.29. The van der Waals surface area contributed by atoms with E-state index in [9.17, 15) is 0 Å². The molecule has 0 saturated heterocycles. The lowest BCUT2D eigenvalue weighted by Crippen LogP contribution is -2.14. The van der Waals surface area contributed by atoms with Gasteiger partial charge in [0.1, 0.15) is 11.5 Å². The third-order valence-corrected chi connectivity index (χ3v) is 5.57. The molecule has 0 aliphatic heterocycles. The number of ether oxygens (including phenoxy) is 1. The average molecular weight is 365 g/mol. The first-order valence-electron chi connectivity index (χ1n) is 10.2. The number of hydrogen-bond acceptors (Lipinski definition) is 2. The number of aryl methyl sites for hydroxylation is 2. The molecule has 3 heteroatoms. The number of rotatable bonds is 6. The predicted molar refractivity (Wildman–Crippen MR) is 115 cm³/mol. The van der Waals surface area contributed by atoms with Crippen LogP contribution in [0.4, 0.5) is 5.69 Å². The fraction of sp³-hybridized carbons (Fsp3) is 0.458. The lowest BCUT2D eigenvalue weighted by atomic mass is 9.84. The van der Waals surface area contributed by atoms with E-state index in [1.807, 2.05) is 13.4 Å². The molecule has 0 amide bonds. The van der Waals surface area contributed by atoms with Gasteiger partial charge in [0.05, 0.1) is 12.0 Å². The first-order chi connectivity index (χ1) is 13.1. The van der Waals surface area contributed by atoms with Crippen LogP contribution < -0.4 is 4.74 Å². The molecule has 0 N–H and O–H groups in total. The molecule has 0 atom stereocenters. The molecular formula is C24H32N2O. The van der Waals surface area contributed by atoms with Crippen molar-refractivity contribution in [1.82, 2.24) is 4.90 Å². The molecule has 2 aromatic carbocycles. The Morgan fingerprint density at radius 2 is 1.74 bits per heavy atom. The Bertz CT molecular complexity index is 774. The molecule has 2 aromatic rings. The fourth-order valence-corrected chi connectivity index (χ4v) is 3.64. The Balaban J connectivity index is 1.71. The Morgan fingerprint density at radius 3 is 2.41 bits per heavy atom. The Kier molecular flexibility index (Phi) is 6.54. The van der Waals surface area contributed by atoms with E-state index >= 15 is 0 Å². The highest BCUT2D eigenvalue weighted by Gasteiger charge is 2.15. The predicted octanol–water partition coefficient (Wildman–Crippen LogP) is 6.75. The van der Waals surface area contributed by atoms with Crippen molar-refractivity contribution < 1.29 is 4.74 Å². The van der Waals surface area contributed by atoms with E-state index in [0.29, 0.717) is 0 Å². The van der Waals surface area contributed by atoms with Gasteiger partial charge in [0.2, 0.25) is 0 Å². The largest absolute Gasteiger partial charge is 0.457 e. The van der Waals surface area contributed by atoms with E-state index in [0.717, 1.165) is 40.8 Å². The molecule has 0 bridgehead atoms. The van der Waals surface area contributed by atoms with Gasteiger partial charge in [-0.15, -0.1) is 0 Å². The Labute approximate surface area is 164 Å². The van der Waals surface area contributed by atoms with Gasteiger partial charge in [0, 0.05) is 13.6 Å². The van der Waals surface area contributed by atoms with E-state index in [-0.39, 0.29) is 0 Å². The summed E-state index contributed by atoms with van der Waals surface area (Å²) in [6.07, 6.45) is 8.66. The first kappa shape index (κ1) is 19.5. The van der Waals surface area contributed by atoms with Crippen molar-refractivity contribution in [2.75, 3.05) is 13.6 Å². The second kappa shape index (κ2) is 9.07. The summed E-state index contributed by atoms with van der Waals surface area (Å²) in [6.45, 7) is 7.21. The zero-order valence-electron chi connectivity index (χ0n) is 17.2. The number of hydrogen-bond donors (Lipinski definition) is 0. The molecule has 0 heterocycles. The lowest BCUT2D eigenvalue weighted by molar-refractivity contribution is 0.442. The van der Waals surface area contributed by atoms with Crippen LogP contribution in [0.2, 0.25) is 0 Å². The van der Waals surface area contributed by atoms with Gasteiger partial charge in [0.25, 0.3) is 0 Å². The van der Waals surface area contributed by atoms with Crippen LogP contribution in [0.3, 0.4) is 0 Å². The maximum Gasteiger partial charge on any atom is 0.130 e. The molecule has 0 spiro atoms. The topological polar surface area (TPSA) is 24.8 Å². The summed E-state index contributed by atoms with van der Waals surface area (Å²) in [5, 5.41) is 0. The minimum absolute atomic E-state index is 0.732. The van der Waals surface area contributed by atoms with Gasteiger partial charge in [-0.3, -0.25) is 0 Å². The zero-order valence-corrected chi connectivity index (χ0v) is 17.2. The zero-order chi connectivity index (χ0) is 19.2. The van der Waals surface area contributed by atoms with Crippen LogP contribution in [-0.2, 0) is 0 Å². The third kappa shape index (κ3) is 5.12. The van der Waals surface area contributed by atoms with Gasteiger partial charge in [-0.25, -0.2) is 4.99 Å². The average Bonchev–Trinajstić information content (AvgIpc) is 2.70. The second-order valence-electron chi connectivity index (χ2n) is 7.73. The summed E-state index contributed by atoms with van der Waals surface area (Å²) in [5.41, 5.74) is 4.67. The van der Waals surface area contributed by atoms with Crippen LogP contribution >= 0.6 is 0 Å². The quantitative estimate of drug-likeness (QED) is 0.418. The number of nitrogens with zero attached hydrogens (tertiary/aromatic N) is 2. The van der Waals surface area contributed by atoms with Crippen LogP contribution in [-0.4, -0.2) is 24.8 Å². The molecule has 3 nitrogen and oxygen atoms in total.